The number of fused-ring (bicyclic) bond motifs is 1. The van der Waals surface area contributed by atoms with Crippen molar-refractivity contribution in [3.8, 4) is 5.75 Å². The third-order valence-corrected chi connectivity index (χ3v) is 6.27. The van der Waals surface area contributed by atoms with Gasteiger partial charge in [-0.3, -0.25) is 4.79 Å². The van der Waals surface area contributed by atoms with E-state index in [2.05, 4.69) is 52.7 Å². The lowest BCUT2D eigenvalue weighted by Crippen LogP contribution is -2.37. The number of aromatic nitrogens is 2. The van der Waals surface area contributed by atoms with E-state index < -0.39 is 0 Å². The summed E-state index contributed by atoms with van der Waals surface area (Å²) in [6, 6.07) is 11.2. The number of benzene rings is 2. The Morgan fingerprint density at radius 1 is 1.33 bits per heavy atom. The topological polar surface area (TPSA) is 130 Å². The molecular weight excluding hydrogens is 556 g/mol. The zero-order valence-electron chi connectivity index (χ0n) is 17.5. The number of nitrogens with two attached hydrogens (primary N) is 1. The summed E-state index contributed by atoms with van der Waals surface area (Å²) in [5.74, 6) is -0.179. The van der Waals surface area contributed by atoms with Gasteiger partial charge in [-0.2, -0.15) is 5.10 Å². The highest BCUT2D eigenvalue weighted by Crippen LogP contribution is 2.39. The van der Waals surface area contributed by atoms with Crippen molar-refractivity contribution < 1.29 is 14.5 Å². The lowest BCUT2D eigenvalue weighted by atomic mass is 9.92. The Kier molecular flexibility index (Phi) is 6.80. The van der Waals surface area contributed by atoms with Crippen LogP contribution in [0, 0.1) is 0 Å². The van der Waals surface area contributed by atoms with E-state index in [0.29, 0.717) is 27.8 Å². The Labute approximate surface area is 206 Å². The summed E-state index contributed by atoms with van der Waals surface area (Å²) >= 11 is 6.63. The van der Waals surface area contributed by atoms with Crippen molar-refractivity contribution in [2.24, 2.45) is 5.10 Å². The number of phenolic OH excluding ortho intramolecular Hbond substituents is 1. The molecule has 1 aliphatic rings. The molecule has 0 fully saturated rings. The van der Waals surface area contributed by atoms with Gasteiger partial charge in [0, 0.05) is 15.7 Å². The van der Waals surface area contributed by atoms with Gasteiger partial charge in [0.05, 0.1) is 16.4 Å². The number of hydrogen-bond donors (Lipinski definition) is 3. The van der Waals surface area contributed by atoms with Gasteiger partial charge < -0.3 is 15.7 Å². The maximum Gasteiger partial charge on any atom is 0.260 e. The van der Waals surface area contributed by atoms with Crippen molar-refractivity contribution in [2.75, 3.05) is 17.2 Å². The van der Waals surface area contributed by atoms with Gasteiger partial charge >= 0.3 is 0 Å². The summed E-state index contributed by atoms with van der Waals surface area (Å²) in [5, 5.41) is 21.9. The quantitative estimate of drug-likeness (QED) is 0.296. The Hall–Kier alpha value is -3.18. The van der Waals surface area contributed by atoms with Crippen molar-refractivity contribution in [1.29, 1.82) is 0 Å². The number of hydrazone groups is 1. The predicted octanol–water partition coefficient (Wildman–Crippen LogP) is 4.22. The van der Waals surface area contributed by atoms with Gasteiger partial charge in [-0.05, 0) is 68.4 Å². The van der Waals surface area contributed by atoms with Crippen LogP contribution in [0.3, 0.4) is 0 Å². The molecule has 0 radical (unpaired) electrons. The first-order valence-corrected chi connectivity index (χ1v) is 11.6. The van der Waals surface area contributed by atoms with Gasteiger partial charge in [0.1, 0.15) is 12.3 Å². The number of hydrogen-bond acceptors (Lipinski definition) is 8. The van der Waals surface area contributed by atoms with Crippen molar-refractivity contribution in [3.63, 3.8) is 0 Å². The normalized spacial score (nSPS) is 13.5. The number of carbonyl (C=O) groups excluding carboxylic acids is 1. The number of nitrogens with one attached hydrogen (secondary N) is 1. The number of aromatic hydroxyl groups is 1. The monoisotopic (exact) mass is 574 g/mol. The Bertz CT molecular complexity index is 1270. The third-order valence-electron chi connectivity index (χ3n) is 5.21. The summed E-state index contributed by atoms with van der Waals surface area (Å²) in [6.45, 7) is 2.01. The first-order valence-electron chi connectivity index (χ1n) is 10.0. The standard InChI is InChI=1S/C22H20Br2N6O3/c1-2-12-7-13-5-3-4-6-17(13)30(20(12)19-22(25)29-33-28-19)11-18(31)27-26-10-14-8-15(23)9-16(24)21(14)32/h3-6,8-10,32H,2,7,11H2,1H3,(H2,25,29)(H,27,31). The van der Waals surface area contributed by atoms with Crippen LogP contribution >= 0.6 is 31.9 Å². The average Bonchev–Trinajstić information content (AvgIpc) is 3.22. The number of phenols is 1. The molecule has 2 aromatic carbocycles. The van der Waals surface area contributed by atoms with Gasteiger partial charge in [-0.25, -0.2) is 10.1 Å². The van der Waals surface area contributed by atoms with Crippen molar-refractivity contribution >= 4 is 61.2 Å². The molecule has 1 amide bonds. The summed E-state index contributed by atoms with van der Waals surface area (Å²) < 4.78 is 6.10. The Morgan fingerprint density at radius 3 is 2.85 bits per heavy atom. The van der Waals surface area contributed by atoms with Gasteiger partial charge in [-0.1, -0.05) is 41.1 Å². The summed E-state index contributed by atoms with van der Waals surface area (Å²) in [5.41, 5.74) is 13.1. The fourth-order valence-corrected chi connectivity index (χ4v) is 4.96. The van der Waals surface area contributed by atoms with Gasteiger partial charge in [0.2, 0.25) is 0 Å². The fourth-order valence-electron chi connectivity index (χ4n) is 3.70. The maximum absolute atomic E-state index is 12.9. The lowest BCUT2D eigenvalue weighted by molar-refractivity contribution is -0.119. The van der Waals surface area contributed by atoms with E-state index in [9.17, 15) is 9.90 Å². The smallest absolute Gasteiger partial charge is 0.260 e. The van der Waals surface area contributed by atoms with Crippen molar-refractivity contribution in [2.45, 2.75) is 19.8 Å². The summed E-state index contributed by atoms with van der Waals surface area (Å²) in [7, 11) is 0. The summed E-state index contributed by atoms with van der Waals surface area (Å²) in [6.07, 6.45) is 2.82. The van der Waals surface area contributed by atoms with Crippen molar-refractivity contribution in [3.05, 3.63) is 67.7 Å². The number of nitrogen functional groups attached to an aromatic ring is 1. The molecule has 9 nitrogen and oxygen atoms in total. The second-order valence-electron chi connectivity index (χ2n) is 7.31. The third kappa shape index (κ3) is 4.79. The van der Waals surface area contributed by atoms with Crippen LogP contribution in [0.25, 0.3) is 5.70 Å². The number of para-hydroxylation sites is 1. The molecule has 0 saturated heterocycles. The number of allylic oxidation sites excluding steroid dienone is 1. The maximum atomic E-state index is 12.9. The predicted molar refractivity (Wildman–Crippen MR) is 133 cm³/mol. The van der Waals surface area contributed by atoms with Crippen molar-refractivity contribution in [1.82, 2.24) is 15.7 Å². The minimum absolute atomic E-state index is 0.0213. The zero-order valence-corrected chi connectivity index (χ0v) is 20.7. The number of amides is 1. The van der Waals surface area contributed by atoms with Gasteiger partial charge in [-0.15, -0.1) is 0 Å². The largest absolute Gasteiger partial charge is 0.506 e. The number of carbonyl (C=O) groups is 1. The molecule has 11 heteroatoms. The molecule has 0 unspecified atom stereocenters. The van der Waals surface area contributed by atoms with E-state index in [1.165, 1.54) is 6.21 Å². The van der Waals surface area contributed by atoms with Crippen LogP contribution in [-0.4, -0.2) is 34.1 Å². The molecule has 4 N–H and O–H groups in total. The van der Waals surface area contributed by atoms with E-state index in [1.807, 2.05) is 36.1 Å². The molecule has 0 atom stereocenters. The lowest BCUT2D eigenvalue weighted by Gasteiger charge is -2.34. The second-order valence-corrected chi connectivity index (χ2v) is 9.08. The molecule has 0 bridgehead atoms. The van der Waals surface area contributed by atoms with E-state index in [-0.39, 0.29) is 24.0 Å². The molecular formula is C22H20Br2N6O3. The van der Waals surface area contributed by atoms with E-state index in [0.717, 1.165) is 27.7 Å². The molecule has 2 heterocycles. The van der Waals surface area contributed by atoms with E-state index in [1.54, 1.807) is 12.1 Å². The SMILES string of the molecule is CCC1=C(c2nonc2N)N(CC(=O)NN=Cc2cc(Br)cc(Br)c2O)c2ccccc2C1. The van der Waals surface area contributed by atoms with Gasteiger partial charge in [0.15, 0.2) is 11.5 Å². The molecule has 4 rings (SSSR count). The second kappa shape index (κ2) is 9.75. The molecule has 170 valence electrons. The first-order chi connectivity index (χ1) is 15.9. The highest BCUT2D eigenvalue weighted by Gasteiger charge is 2.30. The number of nitrogens with zero attached hydrogens (tertiary/aromatic N) is 4. The minimum atomic E-state index is -0.362. The number of anilines is 2. The number of rotatable bonds is 6. The van der Waals surface area contributed by atoms with Crippen LogP contribution in [-0.2, 0) is 11.2 Å². The summed E-state index contributed by atoms with van der Waals surface area (Å²) in [4.78, 5) is 14.7. The van der Waals surface area contributed by atoms with Crippen LogP contribution in [0.2, 0.25) is 0 Å². The molecule has 3 aromatic rings. The Balaban J connectivity index is 1.61. The molecule has 33 heavy (non-hydrogen) atoms. The van der Waals surface area contributed by atoms with E-state index >= 15 is 0 Å². The van der Waals surface area contributed by atoms with Crippen LogP contribution in [0.15, 0.2) is 60.6 Å². The molecule has 0 aliphatic carbocycles. The highest BCUT2D eigenvalue weighted by molar-refractivity contribution is 9.11. The molecule has 0 spiro atoms. The van der Waals surface area contributed by atoms with Crippen LogP contribution < -0.4 is 16.1 Å². The zero-order chi connectivity index (χ0) is 23.5. The fraction of sp³-hybridized carbons (Fsp3) is 0.182. The Morgan fingerprint density at radius 2 is 2.12 bits per heavy atom. The van der Waals surface area contributed by atoms with E-state index in [4.69, 9.17) is 10.4 Å². The number of halogens is 2. The van der Waals surface area contributed by atoms with Crippen LogP contribution in [0.1, 0.15) is 30.2 Å². The van der Waals surface area contributed by atoms with Crippen LogP contribution in [0.5, 0.6) is 5.75 Å². The minimum Gasteiger partial charge on any atom is -0.506 e. The first kappa shape index (κ1) is 23.0. The van der Waals surface area contributed by atoms with Crippen LogP contribution in [0.4, 0.5) is 11.5 Å². The average molecular weight is 576 g/mol. The molecule has 1 aromatic heterocycles. The molecule has 1 aliphatic heterocycles. The highest BCUT2D eigenvalue weighted by atomic mass is 79.9. The molecule has 0 saturated carbocycles. The van der Waals surface area contributed by atoms with Gasteiger partial charge in [0.25, 0.3) is 5.91 Å².